The van der Waals surface area contributed by atoms with Crippen LogP contribution >= 0.6 is 0 Å². The second-order valence-corrected chi connectivity index (χ2v) is 6.66. The number of ether oxygens (including phenoxy) is 1. The number of likely N-dealkylation sites (N-methyl/N-ethyl adjacent to an activating group) is 1. The monoisotopic (exact) mass is 300 g/mol. The maximum Gasteiger partial charge on any atom is 0.178 e. The van der Waals surface area contributed by atoms with Crippen molar-refractivity contribution >= 4 is 11.5 Å². The van der Waals surface area contributed by atoms with Gasteiger partial charge >= 0.3 is 0 Å². The largest absolute Gasteiger partial charge is 0.373 e. The Morgan fingerprint density at radius 3 is 2.91 bits per heavy atom. The van der Waals surface area contributed by atoms with E-state index in [0.29, 0.717) is 18.1 Å². The van der Waals surface area contributed by atoms with Crippen molar-refractivity contribution in [3.8, 4) is 0 Å². The predicted octanol–water partition coefficient (Wildman–Crippen LogP) is 0.521. The van der Waals surface area contributed by atoms with Crippen LogP contribution in [0.2, 0.25) is 0 Å². The fourth-order valence-electron chi connectivity index (χ4n) is 3.61. The lowest BCUT2D eigenvalue weighted by molar-refractivity contribution is -0.0362. The molecule has 4 heterocycles. The summed E-state index contributed by atoms with van der Waals surface area (Å²) in [5, 5.41) is 13.3. The van der Waals surface area contributed by atoms with Crippen LogP contribution in [0.4, 0.5) is 5.82 Å². The number of fused-ring (bicyclic) bond motifs is 2. The highest BCUT2D eigenvalue weighted by Gasteiger charge is 2.39. The van der Waals surface area contributed by atoms with Gasteiger partial charge in [0.1, 0.15) is 5.82 Å². The van der Waals surface area contributed by atoms with Crippen molar-refractivity contribution in [1.82, 2.24) is 24.7 Å². The smallest absolute Gasteiger partial charge is 0.178 e. The predicted molar refractivity (Wildman–Crippen MR) is 81.1 cm³/mol. The topological polar surface area (TPSA) is 58.8 Å². The molecular weight excluding hydrogens is 280 g/mol. The van der Waals surface area contributed by atoms with E-state index >= 15 is 0 Å². The average Bonchev–Trinajstić information content (AvgIpc) is 3.13. The first-order chi connectivity index (χ1) is 10.8. The minimum absolute atomic E-state index is 0.292. The van der Waals surface area contributed by atoms with Crippen LogP contribution in [-0.4, -0.2) is 70.1 Å². The molecule has 0 N–H and O–H groups in total. The Labute approximate surface area is 128 Å². The normalized spacial score (nSPS) is 29.2. The fraction of sp³-hybridized carbons (Fsp3) is 0.667. The summed E-state index contributed by atoms with van der Waals surface area (Å²) in [7, 11) is 2.19. The molecule has 0 aromatic carbocycles. The van der Waals surface area contributed by atoms with Crippen molar-refractivity contribution in [3.05, 3.63) is 18.0 Å². The van der Waals surface area contributed by atoms with Crippen LogP contribution in [0.15, 0.2) is 12.1 Å². The zero-order valence-corrected chi connectivity index (χ0v) is 12.7. The minimum atomic E-state index is 0.292. The molecule has 2 unspecified atom stereocenters. The van der Waals surface area contributed by atoms with Crippen molar-refractivity contribution in [2.24, 2.45) is 0 Å². The summed E-state index contributed by atoms with van der Waals surface area (Å²) >= 11 is 0. The standard InChI is InChI=1S/C15H20N6O/c1-19-6-7-22-12-9-20(8-11(12)19)14-5-4-13-16-17-15(10-2-3-10)21(13)18-14/h4-5,10-12H,2-3,6-9H2,1H3. The third-order valence-corrected chi connectivity index (χ3v) is 5.12. The Balaban J connectivity index is 1.47. The molecule has 0 amide bonds. The van der Waals surface area contributed by atoms with Gasteiger partial charge in [-0.25, -0.2) is 0 Å². The Morgan fingerprint density at radius 2 is 2.09 bits per heavy atom. The van der Waals surface area contributed by atoms with E-state index in [1.807, 2.05) is 10.6 Å². The molecule has 1 saturated carbocycles. The summed E-state index contributed by atoms with van der Waals surface area (Å²) in [6.45, 7) is 3.73. The third-order valence-electron chi connectivity index (χ3n) is 5.12. The first kappa shape index (κ1) is 12.8. The van der Waals surface area contributed by atoms with Gasteiger partial charge in [0.2, 0.25) is 0 Å². The molecule has 116 valence electrons. The molecule has 5 rings (SSSR count). The van der Waals surface area contributed by atoms with Crippen LogP contribution in [-0.2, 0) is 4.74 Å². The van der Waals surface area contributed by atoms with Crippen molar-refractivity contribution < 1.29 is 4.74 Å². The Kier molecular flexibility index (Phi) is 2.69. The number of aromatic nitrogens is 4. The molecule has 1 aliphatic carbocycles. The number of nitrogens with zero attached hydrogens (tertiary/aromatic N) is 6. The Morgan fingerprint density at radius 1 is 1.18 bits per heavy atom. The number of hydrogen-bond acceptors (Lipinski definition) is 6. The van der Waals surface area contributed by atoms with Gasteiger partial charge < -0.3 is 9.64 Å². The molecule has 2 aromatic rings. The van der Waals surface area contributed by atoms with Crippen LogP contribution in [0.5, 0.6) is 0 Å². The minimum Gasteiger partial charge on any atom is -0.373 e. The number of anilines is 1. The highest BCUT2D eigenvalue weighted by Crippen LogP contribution is 2.38. The van der Waals surface area contributed by atoms with Crippen molar-refractivity contribution in [1.29, 1.82) is 0 Å². The van der Waals surface area contributed by atoms with Gasteiger partial charge in [0.15, 0.2) is 11.5 Å². The molecule has 7 nitrogen and oxygen atoms in total. The van der Waals surface area contributed by atoms with Crippen LogP contribution < -0.4 is 4.90 Å². The van der Waals surface area contributed by atoms with E-state index in [0.717, 1.165) is 43.5 Å². The van der Waals surface area contributed by atoms with E-state index in [4.69, 9.17) is 9.84 Å². The molecule has 0 radical (unpaired) electrons. The third kappa shape index (κ3) is 1.92. The van der Waals surface area contributed by atoms with Gasteiger partial charge in [-0.3, -0.25) is 4.90 Å². The van der Waals surface area contributed by atoms with Gasteiger partial charge in [0.25, 0.3) is 0 Å². The molecule has 22 heavy (non-hydrogen) atoms. The fourth-order valence-corrected chi connectivity index (χ4v) is 3.61. The SMILES string of the molecule is CN1CCOC2CN(c3ccc4nnc(C5CC5)n4n3)CC21. The lowest BCUT2D eigenvalue weighted by atomic mass is 10.1. The van der Waals surface area contributed by atoms with E-state index < -0.39 is 0 Å². The van der Waals surface area contributed by atoms with E-state index in [9.17, 15) is 0 Å². The van der Waals surface area contributed by atoms with Crippen LogP contribution in [0.3, 0.4) is 0 Å². The molecule has 2 atom stereocenters. The summed E-state index contributed by atoms with van der Waals surface area (Å²) in [6.07, 6.45) is 2.71. The molecule has 7 heteroatoms. The molecule has 2 aromatic heterocycles. The summed E-state index contributed by atoms with van der Waals surface area (Å²) < 4.78 is 7.86. The van der Waals surface area contributed by atoms with E-state index in [-0.39, 0.29) is 0 Å². The number of hydrogen-bond donors (Lipinski definition) is 0. The highest BCUT2D eigenvalue weighted by molar-refractivity contribution is 5.47. The summed E-state index contributed by atoms with van der Waals surface area (Å²) in [5.74, 6) is 2.57. The van der Waals surface area contributed by atoms with E-state index in [2.05, 4.69) is 33.1 Å². The number of rotatable bonds is 2. The second kappa shape index (κ2) is 4.63. The summed E-state index contributed by atoms with van der Waals surface area (Å²) in [5.41, 5.74) is 0.843. The van der Waals surface area contributed by atoms with Gasteiger partial charge in [0.05, 0.1) is 18.8 Å². The molecule has 0 bridgehead atoms. The van der Waals surface area contributed by atoms with Crippen LogP contribution in [0.25, 0.3) is 5.65 Å². The van der Waals surface area contributed by atoms with Gasteiger partial charge in [-0.05, 0) is 32.0 Å². The van der Waals surface area contributed by atoms with Gasteiger partial charge in [0, 0.05) is 25.6 Å². The van der Waals surface area contributed by atoms with Gasteiger partial charge in [-0.2, -0.15) is 4.52 Å². The van der Waals surface area contributed by atoms with Crippen LogP contribution in [0.1, 0.15) is 24.6 Å². The molecule has 2 saturated heterocycles. The average molecular weight is 300 g/mol. The highest BCUT2D eigenvalue weighted by atomic mass is 16.5. The lowest BCUT2D eigenvalue weighted by Crippen LogP contribution is -2.48. The zero-order valence-electron chi connectivity index (χ0n) is 12.7. The molecule has 3 fully saturated rings. The maximum absolute atomic E-state index is 5.93. The van der Waals surface area contributed by atoms with E-state index in [1.54, 1.807) is 0 Å². The Bertz CT molecular complexity index is 711. The zero-order chi connectivity index (χ0) is 14.7. The first-order valence-electron chi connectivity index (χ1n) is 8.09. The first-order valence-corrected chi connectivity index (χ1v) is 8.09. The second-order valence-electron chi connectivity index (χ2n) is 6.66. The lowest BCUT2D eigenvalue weighted by Gasteiger charge is -2.33. The van der Waals surface area contributed by atoms with Crippen LogP contribution in [0, 0.1) is 0 Å². The maximum atomic E-state index is 5.93. The number of morpholine rings is 1. The molecule has 3 aliphatic rings. The molecule has 0 spiro atoms. The van der Waals surface area contributed by atoms with Crippen molar-refractivity contribution in [3.63, 3.8) is 0 Å². The van der Waals surface area contributed by atoms with Crippen molar-refractivity contribution in [2.45, 2.75) is 30.9 Å². The van der Waals surface area contributed by atoms with Crippen molar-refractivity contribution in [2.75, 3.05) is 38.2 Å². The van der Waals surface area contributed by atoms with Gasteiger partial charge in [-0.15, -0.1) is 15.3 Å². The Hall–Kier alpha value is -1.73. The summed E-state index contributed by atoms with van der Waals surface area (Å²) in [4.78, 5) is 4.73. The molecule has 2 aliphatic heterocycles. The quantitative estimate of drug-likeness (QED) is 0.806. The van der Waals surface area contributed by atoms with Gasteiger partial charge in [-0.1, -0.05) is 0 Å². The summed E-state index contributed by atoms with van der Waals surface area (Å²) in [6, 6.07) is 4.54. The molecular formula is C15H20N6O. The van der Waals surface area contributed by atoms with E-state index in [1.165, 1.54) is 12.8 Å².